The molecule has 0 aliphatic heterocycles. The number of esters is 1. The molecule has 0 aliphatic rings. The zero-order chi connectivity index (χ0) is 12.0. The molecular formula is C13H16O3. The zero-order valence-electron chi connectivity index (χ0n) is 9.82. The Labute approximate surface area is 95.7 Å². The molecule has 0 spiro atoms. The molecule has 0 N–H and O–H groups in total. The van der Waals surface area contributed by atoms with E-state index in [1.54, 1.807) is 7.11 Å². The maximum atomic E-state index is 11.6. The smallest absolute Gasteiger partial charge is 0.336 e. The monoisotopic (exact) mass is 220 g/mol. The second-order valence-corrected chi connectivity index (χ2v) is 3.39. The lowest BCUT2D eigenvalue weighted by atomic mass is 10.0. The van der Waals surface area contributed by atoms with Crippen LogP contribution in [0.3, 0.4) is 0 Å². The van der Waals surface area contributed by atoms with E-state index in [0.717, 1.165) is 11.1 Å². The number of ether oxygens (including phenoxy) is 2. The number of allylic oxidation sites excluding steroid dienone is 1. The third kappa shape index (κ3) is 2.94. The second kappa shape index (κ2) is 6.08. The van der Waals surface area contributed by atoms with Gasteiger partial charge in [0.15, 0.2) is 0 Å². The van der Waals surface area contributed by atoms with Crippen LogP contribution in [0.25, 0.3) is 5.57 Å². The molecule has 0 aliphatic carbocycles. The van der Waals surface area contributed by atoms with Crippen molar-refractivity contribution in [3.05, 3.63) is 41.5 Å². The molecule has 0 heterocycles. The first-order valence-electron chi connectivity index (χ1n) is 5.03. The predicted octanol–water partition coefficient (Wildman–Crippen LogP) is 2.28. The molecule has 0 radical (unpaired) electrons. The van der Waals surface area contributed by atoms with E-state index in [1.807, 2.05) is 37.3 Å². The van der Waals surface area contributed by atoms with Gasteiger partial charge in [-0.15, -0.1) is 0 Å². The third-order valence-electron chi connectivity index (χ3n) is 2.38. The Bertz CT molecular complexity index is 379. The van der Waals surface area contributed by atoms with Gasteiger partial charge in [0.25, 0.3) is 0 Å². The Hall–Kier alpha value is -1.61. The summed E-state index contributed by atoms with van der Waals surface area (Å²) in [7, 11) is 2.93. The summed E-state index contributed by atoms with van der Waals surface area (Å²) in [6.45, 7) is 2.15. The van der Waals surface area contributed by atoms with Crippen LogP contribution >= 0.6 is 0 Å². The van der Waals surface area contributed by atoms with Crippen LogP contribution in [-0.4, -0.2) is 26.8 Å². The molecule has 3 heteroatoms. The largest absolute Gasteiger partial charge is 0.466 e. The van der Waals surface area contributed by atoms with Crippen molar-refractivity contribution in [2.75, 3.05) is 20.8 Å². The van der Waals surface area contributed by atoms with Gasteiger partial charge >= 0.3 is 5.97 Å². The van der Waals surface area contributed by atoms with Crippen LogP contribution < -0.4 is 0 Å². The van der Waals surface area contributed by atoms with Crippen LogP contribution in [0, 0.1) is 0 Å². The minimum absolute atomic E-state index is 0.257. The average Bonchev–Trinajstić information content (AvgIpc) is 2.35. The van der Waals surface area contributed by atoms with Crippen molar-refractivity contribution in [3.63, 3.8) is 0 Å². The van der Waals surface area contributed by atoms with Gasteiger partial charge in [0.05, 0.1) is 19.3 Å². The van der Waals surface area contributed by atoms with Crippen molar-refractivity contribution in [3.8, 4) is 0 Å². The fourth-order valence-corrected chi connectivity index (χ4v) is 1.45. The van der Waals surface area contributed by atoms with Crippen molar-refractivity contribution in [1.29, 1.82) is 0 Å². The van der Waals surface area contributed by atoms with Gasteiger partial charge in [0.2, 0.25) is 0 Å². The molecule has 0 aromatic heterocycles. The van der Waals surface area contributed by atoms with Crippen molar-refractivity contribution in [2.24, 2.45) is 0 Å². The molecule has 1 aromatic carbocycles. The summed E-state index contributed by atoms with van der Waals surface area (Å²) in [4.78, 5) is 11.6. The van der Waals surface area contributed by atoms with Crippen LogP contribution in [0.15, 0.2) is 35.9 Å². The molecule has 0 bridgehead atoms. The maximum absolute atomic E-state index is 11.6. The summed E-state index contributed by atoms with van der Waals surface area (Å²) >= 11 is 0. The molecule has 0 saturated heterocycles. The predicted molar refractivity (Wildman–Crippen MR) is 62.9 cm³/mol. The van der Waals surface area contributed by atoms with Crippen LogP contribution in [0.4, 0.5) is 0 Å². The first-order chi connectivity index (χ1) is 7.70. The topological polar surface area (TPSA) is 35.5 Å². The van der Waals surface area contributed by atoms with Gasteiger partial charge in [-0.2, -0.15) is 0 Å². The minimum Gasteiger partial charge on any atom is -0.466 e. The molecule has 3 nitrogen and oxygen atoms in total. The summed E-state index contributed by atoms with van der Waals surface area (Å²) in [5.74, 6) is -0.344. The number of hydrogen-bond donors (Lipinski definition) is 0. The number of rotatable bonds is 4. The highest BCUT2D eigenvalue weighted by Gasteiger charge is 2.13. The third-order valence-corrected chi connectivity index (χ3v) is 2.38. The zero-order valence-corrected chi connectivity index (χ0v) is 9.82. The highest BCUT2D eigenvalue weighted by molar-refractivity contribution is 5.97. The summed E-state index contributed by atoms with van der Waals surface area (Å²) in [5, 5.41) is 0. The lowest BCUT2D eigenvalue weighted by Crippen LogP contribution is -2.11. The van der Waals surface area contributed by atoms with E-state index in [2.05, 4.69) is 0 Å². The summed E-state index contributed by atoms with van der Waals surface area (Å²) in [6, 6.07) is 9.70. The molecule has 1 rings (SSSR count). The molecule has 0 atom stereocenters. The summed E-state index contributed by atoms with van der Waals surface area (Å²) in [5.41, 5.74) is 2.44. The molecule has 16 heavy (non-hydrogen) atoms. The van der Waals surface area contributed by atoms with E-state index >= 15 is 0 Å². The number of benzene rings is 1. The molecule has 0 fully saturated rings. The van der Waals surface area contributed by atoms with E-state index in [4.69, 9.17) is 9.47 Å². The summed E-state index contributed by atoms with van der Waals surface area (Å²) in [6.07, 6.45) is 0. The number of carbonyl (C=O) groups excluding carboxylic acids is 1. The number of methoxy groups -OCH3 is 2. The van der Waals surface area contributed by atoms with Gasteiger partial charge < -0.3 is 9.47 Å². The van der Waals surface area contributed by atoms with Gasteiger partial charge in [-0.3, -0.25) is 0 Å². The maximum Gasteiger partial charge on any atom is 0.336 e. The van der Waals surface area contributed by atoms with Crippen molar-refractivity contribution >= 4 is 11.5 Å². The molecule has 0 unspecified atom stereocenters. The van der Waals surface area contributed by atoms with Crippen molar-refractivity contribution in [1.82, 2.24) is 0 Å². The highest BCUT2D eigenvalue weighted by atomic mass is 16.5. The van der Waals surface area contributed by atoms with Gasteiger partial charge in [0.1, 0.15) is 0 Å². The van der Waals surface area contributed by atoms with Crippen LogP contribution in [-0.2, 0) is 14.3 Å². The standard InChI is InChI=1S/C13H16O3/c1-10(11-7-5-4-6-8-11)12(9-15-2)13(14)16-3/h4-8H,9H2,1-3H3. The molecule has 0 saturated carbocycles. The van der Waals surface area contributed by atoms with Gasteiger partial charge in [0, 0.05) is 7.11 Å². The molecule has 86 valence electrons. The first-order valence-corrected chi connectivity index (χ1v) is 5.03. The quantitative estimate of drug-likeness (QED) is 0.577. The Morgan fingerprint density at radius 1 is 1.19 bits per heavy atom. The van der Waals surface area contributed by atoms with Gasteiger partial charge in [-0.05, 0) is 18.1 Å². The number of hydrogen-bond acceptors (Lipinski definition) is 3. The van der Waals surface area contributed by atoms with Gasteiger partial charge in [-0.1, -0.05) is 30.3 Å². The molecule has 1 aromatic rings. The van der Waals surface area contributed by atoms with Crippen molar-refractivity contribution < 1.29 is 14.3 Å². The SMILES string of the molecule is COCC(C(=O)OC)=C(C)c1ccccc1. The van der Waals surface area contributed by atoms with E-state index in [9.17, 15) is 4.79 Å². The van der Waals surface area contributed by atoms with Gasteiger partial charge in [-0.25, -0.2) is 4.79 Å². The highest BCUT2D eigenvalue weighted by Crippen LogP contribution is 2.18. The number of carbonyl (C=O) groups is 1. The minimum atomic E-state index is -0.344. The summed E-state index contributed by atoms with van der Waals surface area (Å²) < 4.78 is 9.74. The fraction of sp³-hybridized carbons (Fsp3) is 0.308. The fourth-order valence-electron chi connectivity index (χ4n) is 1.45. The van der Waals surface area contributed by atoms with Crippen molar-refractivity contribution in [2.45, 2.75) is 6.92 Å². The van der Waals surface area contributed by atoms with E-state index < -0.39 is 0 Å². The Morgan fingerprint density at radius 3 is 2.31 bits per heavy atom. The van der Waals surface area contributed by atoms with Crippen LogP contribution in [0.5, 0.6) is 0 Å². The Balaban J connectivity index is 3.11. The Morgan fingerprint density at radius 2 is 1.81 bits per heavy atom. The van der Waals surface area contributed by atoms with E-state index in [1.165, 1.54) is 7.11 Å². The molecular weight excluding hydrogens is 204 g/mol. The Kier molecular flexibility index (Phi) is 4.73. The first kappa shape index (κ1) is 12.5. The second-order valence-electron chi connectivity index (χ2n) is 3.39. The van der Waals surface area contributed by atoms with Crippen LogP contribution in [0.1, 0.15) is 12.5 Å². The normalized spacial score (nSPS) is 11.9. The lowest BCUT2D eigenvalue weighted by Gasteiger charge is -2.09. The molecule has 0 amide bonds. The van der Waals surface area contributed by atoms with E-state index in [-0.39, 0.29) is 12.6 Å². The van der Waals surface area contributed by atoms with Crippen LogP contribution in [0.2, 0.25) is 0 Å². The average molecular weight is 220 g/mol. The lowest BCUT2D eigenvalue weighted by molar-refractivity contribution is -0.136. The van der Waals surface area contributed by atoms with E-state index in [0.29, 0.717) is 5.57 Å².